The summed E-state index contributed by atoms with van der Waals surface area (Å²) in [6.45, 7) is 10.3. The summed E-state index contributed by atoms with van der Waals surface area (Å²) in [7, 11) is 1.97. The van der Waals surface area contributed by atoms with Gasteiger partial charge in [-0.15, -0.1) is 0 Å². The zero-order valence-corrected chi connectivity index (χ0v) is 9.41. The lowest BCUT2D eigenvalue weighted by Gasteiger charge is -2.20. The zero-order chi connectivity index (χ0) is 8.04. The predicted octanol–water partition coefficient (Wildman–Crippen LogP) is 1.51. The quantitative estimate of drug-likeness (QED) is 0.488. The highest BCUT2D eigenvalue weighted by Crippen LogP contribution is 2.17. The second-order valence-corrected chi connectivity index (χ2v) is 7.03. The van der Waals surface area contributed by atoms with Gasteiger partial charge >= 0.3 is 0 Å². The Morgan fingerprint density at radius 3 is 2.40 bits per heavy atom. The van der Waals surface area contributed by atoms with Crippen LogP contribution < -0.4 is 4.98 Å². The van der Waals surface area contributed by atoms with Crippen LogP contribution in [0, 0.1) is 0 Å². The molecule has 0 aromatic rings. The molecule has 0 unspecified atom stereocenters. The zero-order valence-electron chi connectivity index (χ0n) is 7.41. The number of nitrogens with one attached hydrogen (secondary N) is 1. The van der Waals surface area contributed by atoms with Gasteiger partial charge in [0.1, 0.15) is 9.68 Å². The van der Waals surface area contributed by atoms with Crippen molar-refractivity contribution < 1.29 is 0 Å². The van der Waals surface area contributed by atoms with Gasteiger partial charge < -0.3 is 4.98 Å². The van der Waals surface area contributed by atoms with E-state index >= 15 is 0 Å². The molecule has 0 bridgehead atoms. The van der Waals surface area contributed by atoms with Crippen LogP contribution in [0.25, 0.3) is 0 Å². The SMILES string of the molecule is CCCN[Si]C(C)(C)[Si]C. The molecule has 0 atom stereocenters. The van der Waals surface area contributed by atoms with E-state index < -0.39 is 0 Å². The summed E-state index contributed by atoms with van der Waals surface area (Å²) in [6.07, 6.45) is 1.25. The lowest BCUT2D eigenvalue weighted by molar-refractivity contribution is 0.822. The van der Waals surface area contributed by atoms with E-state index in [1.165, 1.54) is 13.0 Å². The Labute approximate surface area is 69.7 Å². The molecule has 58 valence electrons. The Hall–Kier alpha value is 0.394. The summed E-state index contributed by atoms with van der Waals surface area (Å²) < 4.78 is 0.537. The van der Waals surface area contributed by atoms with Crippen molar-refractivity contribution in [3.05, 3.63) is 0 Å². The lowest BCUT2D eigenvalue weighted by atomic mass is 10.5. The van der Waals surface area contributed by atoms with Gasteiger partial charge in [0, 0.05) is 9.52 Å². The molecular formula is C7H17NSi2. The molecule has 0 aliphatic carbocycles. The molecule has 0 aliphatic heterocycles. The Balaban J connectivity index is 3.28. The van der Waals surface area contributed by atoms with E-state index in [1.807, 2.05) is 0 Å². The first-order valence-corrected chi connectivity index (χ1v) is 6.31. The van der Waals surface area contributed by atoms with Crippen LogP contribution in [-0.4, -0.2) is 25.7 Å². The molecule has 0 fully saturated rings. The highest BCUT2D eigenvalue weighted by atomic mass is 28.3. The van der Waals surface area contributed by atoms with E-state index in [0.717, 1.165) is 19.2 Å². The van der Waals surface area contributed by atoms with E-state index in [1.54, 1.807) is 0 Å². The second-order valence-electron chi connectivity index (χ2n) is 2.93. The van der Waals surface area contributed by atoms with Gasteiger partial charge in [-0.05, 0) is 17.6 Å². The third-order valence-electron chi connectivity index (χ3n) is 1.40. The van der Waals surface area contributed by atoms with Crippen LogP contribution in [0.15, 0.2) is 0 Å². The predicted molar refractivity (Wildman–Crippen MR) is 49.7 cm³/mol. The Morgan fingerprint density at radius 2 is 2.00 bits per heavy atom. The molecule has 1 N–H and O–H groups in total. The number of hydrogen-bond acceptors (Lipinski definition) is 1. The van der Waals surface area contributed by atoms with Crippen molar-refractivity contribution in [1.82, 2.24) is 4.98 Å². The van der Waals surface area contributed by atoms with Crippen LogP contribution >= 0.6 is 0 Å². The van der Waals surface area contributed by atoms with E-state index in [0.29, 0.717) is 4.66 Å². The van der Waals surface area contributed by atoms with Crippen molar-refractivity contribution in [2.24, 2.45) is 0 Å². The van der Waals surface area contributed by atoms with Crippen molar-refractivity contribution in [3.8, 4) is 0 Å². The summed E-state index contributed by atoms with van der Waals surface area (Å²) in [5, 5.41) is 0. The highest BCUT2D eigenvalue weighted by molar-refractivity contribution is 6.59. The minimum absolute atomic E-state index is 0.537. The molecule has 10 heavy (non-hydrogen) atoms. The molecule has 4 radical (unpaired) electrons. The van der Waals surface area contributed by atoms with Crippen molar-refractivity contribution in [2.45, 2.75) is 38.4 Å². The summed E-state index contributed by atoms with van der Waals surface area (Å²) in [6, 6.07) is 0. The molecule has 0 rings (SSSR count). The first kappa shape index (κ1) is 10.4. The molecule has 1 nitrogen and oxygen atoms in total. The standard InChI is InChI=1S/C7H17NSi2/c1-5-6-8-10-7(2,3)9-4/h8H,5-6H2,1-4H3. The van der Waals surface area contributed by atoms with Crippen LogP contribution in [0.5, 0.6) is 0 Å². The van der Waals surface area contributed by atoms with Crippen LogP contribution in [0.1, 0.15) is 27.2 Å². The van der Waals surface area contributed by atoms with Gasteiger partial charge in [0.2, 0.25) is 0 Å². The molecule has 0 amide bonds. The van der Waals surface area contributed by atoms with E-state index in [9.17, 15) is 0 Å². The van der Waals surface area contributed by atoms with Crippen LogP contribution in [0.2, 0.25) is 11.2 Å². The van der Waals surface area contributed by atoms with E-state index in [-0.39, 0.29) is 0 Å². The largest absolute Gasteiger partial charge is 0.339 e. The van der Waals surface area contributed by atoms with Crippen molar-refractivity contribution >= 4 is 19.2 Å². The van der Waals surface area contributed by atoms with Crippen molar-refractivity contribution in [1.29, 1.82) is 0 Å². The van der Waals surface area contributed by atoms with Gasteiger partial charge in [-0.2, -0.15) is 0 Å². The summed E-state index contributed by atoms with van der Waals surface area (Å²) in [5.41, 5.74) is 0. The molecule has 0 saturated carbocycles. The van der Waals surface area contributed by atoms with Crippen molar-refractivity contribution in [2.75, 3.05) is 6.54 Å². The molecule has 0 aliphatic rings. The number of rotatable bonds is 5. The molecular weight excluding hydrogens is 154 g/mol. The van der Waals surface area contributed by atoms with Gasteiger partial charge in [-0.1, -0.05) is 27.3 Å². The van der Waals surface area contributed by atoms with Gasteiger partial charge in [0.05, 0.1) is 0 Å². The molecule has 0 heterocycles. The summed E-state index contributed by atoms with van der Waals surface area (Å²) in [5.74, 6) is 0. The minimum atomic E-state index is 0.537. The second kappa shape index (κ2) is 5.10. The van der Waals surface area contributed by atoms with Gasteiger partial charge in [-0.3, -0.25) is 0 Å². The fraction of sp³-hybridized carbons (Fsp3) is 1.00. The van der Waals surface area contributed by atoms with E-state index in [4.69, 9.17) is 0 Å². The maximum Gasteiger partial charge on any atom is 0.141 e. The van der Waals surface area contributed by atoms with E-state index in [2.05, 4.69) is 32.3 Å². The molecule has 0 aromatic carbocycles. The van der Waals surface area contributed by atoms with Gasteiger partial charge in [-0.25, -0.2) is 0 Å². The third-order valence-corrected chi connectivity index (χ3v) is 4.83. The Morgan fingerprint density at radius 1 is 1.40 bits per heavy atom. The van der Waals surface area contributed by atoms with Gasteiger partial charge in [0.25, 0.3) is 0 Å². The maximum absolute atomic E-state index is 3.46. The normalized spacial score (nSPS) is 12.0. The fourth-order valence-electron chi connectivity index (χ4n) is 0.471. The minimum Gasteiger partial charge on any atom is -0.339 e. The van der Waals surface area contributed by atoms with Crippen LogP contribution in [0.3, 0.4) is 0 Å². The monoisotopic (exact) mass is 171 g/mol. The highest BCUT2D eigenvalue weighted by Gasteiger charge is 2.15. The molecule has 0 spiro atoms. The first-order chi connectivity index (χ1) is 4.62. The Kier molecular flexibility index (Phi) is 5.30. The average Bonchev–Trinajstić information content (AvgIpc) is 1.89. The Bertz CT molecular complexity index is 83.7. The van der Waals surface area contributed by atoms with Crippen LogP contribution in [0.4, 0.5) is 0 Å². The summed E-state index contributed by atoms with van der Waals surface area (Å²) >= 11 is 0. The smallest absolute Gasteiger partial charge is 0.141 e. The summed E-state index contributed by atoms with van der Waals surface area (Å²) in [4.78, 5) is 3.46. The molecule has 0 saturated heterocycles. The maximum atomic E-state index is 3.46. The topological polar surface area (TPSA) is 12.0 Å². The van der Waals surface area contributed by atoms with Gasteiger partial charge in [0.15, 0.2) is 0 Å². The van der Waals surface area contributed by atoms with Crippen molar-refractivity contribution in [3.63, 3.8) is 0 Å². The number of hydrogen-bond donors (Lipinski definition) is 1. The first-order valence-electron chi connectivity index (χ1n) is 3.81. The third kappa shape index (κ3) is 5.20. The van der Waals surface area contributed by atoms with Crippen LogP contribution in [-0.2, 0) is 0 Å². The molecule has 0 aromatic heterocycles. The molecule has 3 heteroatoms. The average molecular weight is 171 g/mol. The lowest BCUT2D eigenvalue weighted by Crippen LogP contribution is -2.32. The fourth-order valence-corrected chi connectivity index (χ4v) is 2.05.